The molecule has 5 rings (SSSR count). The van der Waals surface area contributed by atoms with E-state index in [2.05, 4.69) is 20.5 Å². The van der Waals surface area contributed by atoms with Crippen molar-refractivity contribution in [3.63, 3.8) is 0 Å². The molecule has 0 radical (unpaired) electrons. The lowest BCUT2D eigenvalue weighted by molar-refractivity contribution is 0.102. The molecule has 9 nitrogen and oxygen atoms in total. The van der Waals surface area contributed by atoms with Crippen LogP contribution in [0.15, 0.2) is 67.4 Å². The van der Waals surface area contributed by atoms with Gasteiger partial charge in [-0.15, -0.1) is 0 Å². The number of anilines is 1. The molecule has 0 fully saturated rings. The van der Waals surface area contributed by atoms with E-state index < -0.39 is 0 Å². The highest BCUT2D eigenvalue weighted by atomic mass is 16.1. The number of amides is 1. The quantitative estimate of drug-likeness (QED) is 0.502. The van der Waals surface area contributed by atoms with Crippen LogP contribution in [0, 0.1) is 6.92 Å². The van der Waals surface area contributed by atoms with Crippen molar-refractivity contribution in [3.05, 3.63) is 78.5 Å². The summed E-state index contributed by atoms with van der Waals surface area (Å²) < 4.78 is 4.98. The summed E-state index contributed by atoms with van der Waals surface area (Å²) >= 11 is 0. The molecule has 0 aliphatic carbocycles. The van der Waals surface area contributed by atoms with E-state index in [0.717, 1.165) is 16.8 Å². The molecule has 0 saturated heterocycles. The van der Waals surface area contributed by atoms with Gasteiger partial charge in [0.2, 0.25) is 0 Å². The predicted molar refractivity (Wildman–Crippen MR) is 111 cm³/mol. The van der Waals surface area contributed by atoms with Crippen molar-refractivity contribution in [2.75, 3.05) is 5.32 Å². The van der Waals surface area contributed by atoms with Crippen molar-refractivity contribution in [2.45, 2.75) is 6.92 Å². The smallest absolute Gasteiger partial charge is 0.262 e. The lowest BCUT2D eigenvalue weighted by Gasteiger charge is -2.08. The molecule has 0 aliphatic rings. The van der Waals surface area contributed by atoms with Gasteiger partial charge < -0.3 is 5.32 Å². The van der Waals surface area contributed by atoms with Crippen molar-refractivity contribution in [1.29, 1.82) is 0 Å². The van der Waals surface area contributed by atoms with E-state index in [9.17, 15) is 4.79 Å². The fourth-order valence-corrected chi connectivity index (χ4v) is 3.22. The number of fused-ring (bicyclic) bond motifs is 1. The topological polar surface area (TPSA) is 94.9 Å². The Hall–Kier alpha value is -4.27. The van der Waals surface area contributed by atoms with E-state index in [-0.39, 0.29) is 5.91 Å². The molecule has 148 valence electrons. The summed E-state index contributed by atoms with van der Waals surface area (Å²) in [7, 11) is 1.85. The monoisotopic (exact) mass is 398 g/mol. The minimum atomic E-state index is -0.310. The third-order valence-corrected chi connectivity index (χ3v) is 4.75. The third-order valence-electron chi connectivity index (χ3n) is 4.75. The number of carbonyl (C=O) groups is 1. The molecule has 1 aromatic carbocycles. The van der Waals surface area contributed by atoms with Crippen molar-refractivity contribution in [3.8, 4) is 16.9 Å². The molecule has 4 aromatic heterocycles. The number of benzene rings is 1. The molecule has 1 N–H and O–H groups in total. The number of aryl methyl sites for hydroxylation is 2. The first-order valence-electron chi connectivity index (χ1n) is 9.34. The van der Waals surface area contributed by atoms with E-state index in [1.807, 2.05) is 50.5 Å². The van der Waals surface area contributed by atoms with Gasteiger partial charge in [-0.2, -0.15) is 15.3 Å². The van der Waals surface area contributed by atoms with E-state index in [1.54, 1.807) is 38.5 Å². The highest BCUT2D eigenvalue weighted by Crippen LogP contribution is 2.25. The van der Waals surface area contributed by atoms with Crippen LogP contribution in [-0.2, 0) is 7.05 Å². The maximum absolute atomic E-state index is 13.0. The fraction of sp³-hybridized carbons (Fsp3) is 0.0952. The van der Waals surface area contributed by atoms with Crippen LogP contribution >= 0.6 is 0 Å². The van der Waals surface area contributed by atoms with E-state index in [0.29, 0.717) is 22.7 Å². The van der Waals surface area contributed by atoms with Crippen LogP contribution in [-0.4, -0.2) is 40.1 Å². The predicted octanol–water partition coefficient (Wildman–Crippen LogP) is 2.88. The minimum absolute atomic E-state index is 0.310. The number of rotatable bonds is 4. The highest BCUT2D eigenvalue weighted by molar-refractivity contribution is 6.08. The summed E-state index contributed by atoms with van der Waals surface area (Å²) in [4.78, 5) is 17.3. The van der Waals surface area contributed by atoms with Crippen LogP contribution in [0.3, 0.4) is 0 Å². The number of hydrogen-bond donors (Lipinski definition) is 1. The molecule has 0 saturated carbocycles. The molecule has 30 heavy (non-hydrogen) atoms. The third kappa shape index (κ3) is 3.12. The van der Waals surface area contributed by atoms with E-state index in [1.165, 1.54) is 6.20 Å². The summed E-state index contributed by atoms with van der Waals surface area (Å²) in [6, 6.07) is 11.5. The lowest BCUT2D eigenvalue weighted by Crippen LogP contribution is -2.15. The summed E-state index contributed by atoms with van der Waals surface area (Å²) in [5.41, 5.74) is 4.41. The number of nitrogens with zero attached hydrogens (tertiary/aromatic N) is 7. The summed E-state index contributed by atoms with van der Waals surface area (Å²) in [6.07, 6.45) is 8.50. The van der Waals surface area contributed by atoms with Crippen LogP contribution in [0.1, 0.15) is 15.9 Å². The first-order chi connectivity index (χ1) is 14.6. The zero-order valence-electron chi connectivity index (χ0n) is 16.4. The van der Waals surface area contributed by atoms with Crippen LogP contribution < -0.4 is 5.32 Å². The Bertz CT molecular complexity index is 1360. The Morgan fingerprint density at radius 3 is 2.70 bits per heavy atom. The molecule has 4 heterocycles. The van der Waals surface area contributed by atoms with Gasteiger partial charge in [-0.3, -0.25) is 9.48 Å². The first kappa shape index (κ1) is 17.8. The van der Waals surface area contributed by atoms with Gasteiger partial charge in [0.25, 0.3) is 5.91 Å². The molecule has 1 amide bonds. The van der Waals surface area contributed by atoms with E-state index >= 15 is 0 Å². The van der Waals surface area contributed by atoms with Gasteiger partial charge in [-0.1, -0.05) is 17.7 Å². The molecule has 0 aliphatic heterocycles. The van der Waals surface area contributed by atoms with E-state index in [4.69, 9.17) is 5.10 Å². The molecule has 0 atom stereocenters. The van der Waals surface area contributed by atoms with Crippen molar-refractivity contribution >= 4 is 17.4 Å². The van der Waals surface area contributed by atoms with Crippen LogP contribution in [0.4, 0.5) is 5.82 Å². The Kier molecular flexibility index (Phi) is 4.13. The number of nitrogens with one attached hydrogen (secondary N) is 1. The normalized spacial score (nSPS) is 11.1. The average molecular weight is 398 g/mol. The van der Waals surface area contributed by atoms with Crippen LogP contribution in [0.5, 0.6) is 0 Å². The summed E-state index contributed by atoms with van der Waals surface area (Å²) in [5.74, 6) is 0.229. The maximum atomic E-state index is 13.0. The molecular weight excluding hydrogens is 380 g/mol. The Labute approximate surface area is 171 Å². The van der Waals surface area contributed by atoms with Gasteiger partial charge >= 0.3 is 0 Å². The zero-order valence-corrected chi connectivity index (χ0v) is 16.4. The zero-order chi connectivity index (χ0) is 20.7. The van der Waals surface area contributed by atoms with Crippen LogP contribution in [0.25, 0.3) is 22.6 Å². The van der Waals surface area contributed by atoms with Gasteiger partial charge in [-0.25, -0.2) is 14.2 Å². The van der Waals surface area contributed by atoms with Gasteiger partial charge in [0, 0.05) is 37.3 Å². The number of aromatic nitrogens is 7. The lowest BCUT2D eigenvalue weighted by atomic mass is 10.2. The van der Waals surface area contributed by atoms with Gasteiger partial charge in [0.1, 0.15) is 11.4 Å². The average Bonchev–Trinajstić information content (AvgIpc) is 3.46. The molecular formula is C21H18N8O. The second-order valence-electron chi connectivity index (χ2n) is 6.97. The standard InChI is InChI=1S/C21H18N8O/c1-14-4-6-16(7-5-14)29-19(10-18(26-29)15-11-23-27(2)13-15)25-21(30)17-12-24-28-9-3-8-22-20(17)28/h3-13H,1-2H3,(H,25,30). The van der Waals surface area contributed by atoms with Gasteiger partial charge in [0.05, 0.1) is 23.8 Å². The molecule has 5 aromatic rings. The molecule has 0 spiro atoms. The number of hydrogen-bond acceptors (Lipinski definition) is 5. The summed E-state index contributed by atoms with van der Waals surface area (Å²) in [5, 5.41) is 16.1. The molecule has 0 unspecified atom stereocenters. The molecule has 0 bridgehead atoms. The van der Waals surface area contributed by atoms with Crippen molar-refractivity contribution in [2.24, 2.45) is 7.05 Å². The fourth-order valence-electron chi connectivity index (χ4n) is 3.22. The van der Waals surface area contributed by atoms with Gasteiger partial charge in [-0.05, 0) is 25.1 Å². The second kappa shape index (κ2) is 6.96. The van der Waals surface area contributed by atoms with Crippen molar-refractivity contribution in [1.82, 2.24) is 34.2 Å². The minimum Gasteiger partial charge on any atom is -0.306 e. The largest absolute Gasteiger partial charge is 0.306 e. The number of carbonyl (C=O) groups excluding carboxylic acids is 1. The van der Waals surface area contributed by atoms with Crippen molar-refractivity contribution < 1.29 is 4.79 Å². The SMILES string of the molecule is Cc1ccc(-n2nc(-c3cnn(C)c3)cc2NC(=O)c2cnn3cccnc23)cc1. The van der Waals surface area contributed by atoms with Crippen LogP contribution in [0.2, 0.25) is 0 Å². The van der Waals surface area contributed by atoms with Gasteiger partial charge in [0.15, 0.2) is 5.65 Å². The Morgan fingerprint density at radius 1 is 1.10 bits per heavy atom. The first-order valence-corrected chi connectivity index (χ1v) is 9.34. The highest BCUT2D eigenvalue weighted by Gasteiger charge is 2.18. The maximum Gasteiger partial charge on any atom is 0.262 e. The summed E-state index contributed by atoms with van der Waals surface area (Å²) in [6.45, 7) is 2.02. The Morgan fingerprint density at radius 2 is 1.93 bits per heavy atom. The molecule has 9 heteroatoms. The Balaban J connectivity index is 1.56. The second-order valence-corrected chi connectivity index (χ2v) is 6.97.